The van der Waals surface area contributed by atoms with Gasteiger partial charge in [-0.15, -0.1) is 0 Å². The first kappa shape index (κ1) is 10.9. The summed E-state index contributed by atoms with van der Waals surface area (Å²) in [4.78, 5) is 10.6. The van der Waals surface area contributed by atoms with Crippen molar-refractivity contribution in [2.24, 2.45) is 0 Å². The number of allylic oxidation sites excluding steroid dienone is 1. The molecule has 0 aliphatic carbocycles. The molecule has 2 nitrogen and oxygen atoms in total. The number of carbonyl (C=O) groups excluding carboxylic acids is 1. The van der Waals surface area contributed by atoms with Gasteiger partial charge < -0.3 is 4.74 Å². The van der Waals surface area contributed by atoms with E-state index in [4.69, 9.17) is 4.74 Å². The van der Waals surface area contributed by atoms with Crippen LogP contribution in [0.4, 0.5) is 0 Å². The van der Waals surface area contributed by atoms with Crippen molar-refractivity contribution >= 4 is 12.4 Å². The molecule has 2 rings (SSSR count). The SMILES string of the molecule is CC(C=O)=Cc1cccc2c1OC(C)(C)C2. The summed E-state index contributed by atoms with van der Waals surface area (Å²) >= 11 is 0. The number of benzene rings is 1. The van der Waals surface area contributed by atoms with Crippen LogP contribution in [0.1, 0.15) is 31.9 Å². The largest absolute Gasteiger partial charge is 0.487 e. The molecule has 0 spiro atoms. The summed E-state index contributed by atoms with van der Waals surface area (Å²) in [6.07, 6.45) is 3.65. The van der Waals surface area contributed by atoms with E-state index in [1.165, 1.54) is 5.56 Å². The van der Waals surface area contributed by atoms with Gasteiger partial charge >= 0.3 is 0 Å². The maximum Gasteiger partial charge on any atom is 0.145 e. The van der Waals surface area contributed by atoms with Gasteiger partial charge in [0.05, 0.1) is 0 Å². The predicted molar refractivity (Wildman–Crippen MR) is 64.6 cm³/mol. The maximum absolute atomic E-state index is 10.6. The third-order valence-corrected chi connectivity index (χ3v) is 2.69. The topological polar surface area (TPSA) is 26.3 Å². The second-order valence-electron chi connectivity index (χ2n) is 4.88. The van der Waals surface area contributed by atoms with Crippen LogP contribution in [0.25, 0.3) is 6.08 Å². The Kier molecular flexibility index (Phi) is 2.58. The fourth-order valence-electron chi connectivity index (χ4n) is 2.03. The molecule has 0 atom stereocenters. The maximum atomic E-state index is 10.6. The Labute approximate surface area is 95.9 Å². The highest BCUT2D eigenvalue weighted by Gasteiger charge is 2.30. The fourth-order valence-corrected chi connectivity index (χ4v) is 2.03. The number of aldehydes is 1. The van der Waals surface area contributed by atoms with Gasteiger partial charge in [0.2, 0.25) is 0 Å². The van der Waals surface area contributed by atoms with E-state index in [0.29, 0.717) is 5.57 Å². The molecule has 0 N–H and O–H groups in total. The number of carbonyl (C=O) groups is 1. The van der Waals surface area contributed by atoms with Crippen LogP contribution in [0.15, 0.2) is 23.8 Å². The summed E-state index contributed by atoms with van der Waals surface area (Å²) in [7, 11) is 0. The molecule has 0 saturated heterocycles. The van der Waals surface area contributed by atoms with E-state index in [0.717, 1.165) is 24.0 Å². The van der Waals surface area contributed by atoms with Crippen LogP contribution in [0, 0.1) is 0 Å². The Morgan fingerprint density at radius 2 is 2.19 bits per heavy atom. The van der Waals surface area contributed by atoms with Crippen molar-refractivity contribution in [1.29, 1.82) is 0 Å². The van der Waals surface area contributed by atoms with Crippen molar-refractivity contribution in [2.75, 3.05) is 0 Å². The number of hydrogen-bond donors (Lipinski definition) is 0. The molecule has 0 unspecified atom stereocenters. The van der Waals surface area contributed by atoms with Crippen LogP contribution in [0.3, 0.4) is 0 Å². The number of fused-ring (bicyclic) bond motifs is 1. The van der Waals surface area contributed by atoms with Crippen LogP contribution < -0.4 is 4.74 Å². The van der Waals surface area contributed by atoms with Crippen molar-refractivity contribution < 1.29 is 9.53 Å². The zero-order valence-electron chi connectivity index (χ0n) is 9.91. The average molecular weight is 216 g/mol. The summed E-state index contributed by atoms with van der Waals surface area (Å²) in [6.45, 7) is 5.95. The van der Waals surface area contributed by atoms with Crippen LogP contribution in [0.2, 0.25) is 0 Å². The van der Waals surface area contributed by atoms with Gasteiger partial charge in [-0.05, 0) is 38.0 Å². The van der Waals surface area contributed by atoms with Gasteiger partial charge in [-0.25, -0.2) is 0 Å². The quantitative estimate of drug-likeness (QED) is 0.561. The van der Waals surface area contributed by atoms with Crippen LogP contribution in [-0.4, -0.2) is 11.9 Å². The smallest absolute Gasteiger partial charge is 0.145 e. The van der Waals surface area contributed by atoms with Crippen LogP contribution in [0.5, 0.6) is 5.75 Å². The minimum Gasteiger partial charge on any atom is -0.487 e. The molecule has 0 fully saturated rings. The standard InChI is InChI=1S/C14H16O2/c1-10(9-15)7-11-5-4-6-12-8-14(2,3)16-13(11)12/h4-7,9H,8H2,1-3H3. The fraction of sp³-hybridized carbons (Fsp3) is 0.357. The van der Waals surface area contributed by atoms with Crippen molar-refractivity contribution in [1.82, 2.24) is 0 Å². The lowest BCUT2D eigenvalue weighted by molar-refractivity contribution is -0.104. The van der Waals surface area contributed by atoms with Gasteiger partial charge in [-0.1, -0.05) is 18.2 Å². The Hall–Kier alpha value is -1.57. The van der Waals surface area contributed by atoms with Gasteiger partial charge in [-0.3, -0.25) is 4.79 Å². The summed E-state index contributed by atoms with van der Waals surface area (Å²) < 4.78 is 5.91. The van der Waals surface area contributed by atoms with Gasteiger partial charge in [0.25, 0.3) is 0 Å². The van der Waals surface area contributed by atoms with E-state index in [9.17, 15) is 4.79 Å². The number of hydrogen-bond acceptors (Lipinski definition) is 2. The molecule has 2 heteroatoms. The zero-order valence-corrected chi connectivity index (χ0v) is 9.91. The molecule has 1 aromatic carbocycles. The molecule has 0 saturated carbocycles. The van der Waals surface area contributed by atoms with Crippen LogP contribution >= 0.6 is 0 Å². The molecule has 1 heterocycles. The second kappa shape index (κ2) is 3.78. The minimum atomic E-state index is -0.138. The lowest BCUT2D eigenvalue weighted by Gasteiger charge is -2.17. The second-order valence-corrected chi connectivity index (χ2v) is 4.88. The number of rotatable bonds is 2. The van der Waals surface area contributed by atoms with Crippen molar-refractivity contribution in [3.8, 4) is 5.75 Å². The number of ether oxygens (including phenoxy) is 1. The van der Waals surface area contributed by atoms with Crippen molar-refractivity contribution in [3.05, 3.63) is 34.9 Å². The third kappa shape index (κ3) is 2.01. The molecule has 16 heavy (non-hydrogen) atoms. The first-order valence-electron chi connectivity index (χ1n) is 5.46. The Morgan fingerprint density at radius 1 is 1.44 bits per heavy atom. The van der Waals surface area contributed by atoms with E-state index in [-0.39, 0.29) is 5.60 Å². The molecular weight excluding hydrogens is 200 g/mol. The highest BCUT2D eigenvalue weighted by atomic mass is 16.5. The Morgan fingerprint density at radius 3 is 2.88 bits per heavy atom. The molecule has 84 valence electrons. The summed E-state index contributed by atoms with van der Waals surface area (Å²) in [5.41, 5.74) is 2.79. The predicted octanol–water partition coefficient (Wildman–Crippen LogP) is 3.00. The molecular formula is C14H16O2. The summed E-state index contributed by atoms with van der Waals surface area (Å²) in [5.74, 6) is 0.925. The van der Waals surface area contributed by atoms with Crippen molar-refractivity contribution in [3.63, 3.8) is 0 Å². The average Bonchev–Trinajstić information content (AvgIpc) is 2.53. The normalized spacial score (nSPS) is 17.8. The molecule has 1 aliphatic heterocycles. The monoisotopic (exact) mass is 216 g/mol. The van der Waals surface area contributed by atoms with Gasteiger partial charge in [0.15, 0.2) is 0 Å². The van der Waals surface area contributed by atoms with Gasteiger partial charge in [-0.2, -0.15) is 0 Å². The Bertz CT molecular complexity index is 456. The van der Waals surface area contributed by atoms with E-state index >= 15 is 0 Å². The molecule has 1 aromatic rings. The molecule has 0 aromatic heterocycles. The van der Waals surface area contributed by atoms with E-state index in [2.05, 4.69) is 19.9 Å². The first-order chi connectivity index (χ1) is 7.52. The highest BCUT2D eigenvalue weighted by Crippen LogP contribution is 2.38. The summed E-state index contributed by atoms with van der Waals surface area (Å²) in [6, 6.07) is 6.07. The minimum absolute atomic E-state index is 0.138. The summed E-state index contributed by atoms with van der Waals surface area (Å²) in [5, 5.41) is 0. The third-order valence-electron chi connectivity index (χ3n) is 2.69. The highest BCUT2D eigenvalue weighted by molar-refractivity contribution is 5.82. The molecule has 0 bridgehead atoms. The Balaban J connectivity index is 2.45. The van der Waals surface area contributed by atoms with Crippen molar-refractivity contribution in [2.45, 2.75) is 32.8 Å². The lowest BCUT2D eigenvalue weighted by atomic mass is 10.00. The van der Waals surface area contributed by atoms with Gasteiger partial charge in [0.1, 0.15) is 17.6 Å². The zero-order chi connectivity index (χ0) is 11.8. The van der Waals surface area contributed by atoms with E-state index in [1.807, 2.05) is 18.2 Å². The molecule has 0 amide bonds. The molecule has 0 radical (unpaired) electrons. The van der Waals surface area contributed by atoms with Gasteiger partial charge in [0, 0.05) is 12.0 Å². The van der Waals surface area contributed by atoms with Crippen LogP contribution in [-0.2, 0) is 11.2 Å². The van der Waals surface area contributed by atoms with E-state index < -0.39 is 0 Å². The first-order valence-corrected chi connectivity index (χ1v) is 5.46. The lowest BCUT2D eigenvalue weighted by Crippen LogP contribution is -2.24. The number of para-hydroxylation sites is 1. The molecule has 1 aliphatic rings. The van der Waals surface area contributed by atoms with E-state index in [1.54, 1.807) is 6.92 Å².